The molecular formula is C26H32N8O2. The average molecular weight is 489 g/mol. The van der Waals surface area contributed by atoms with Crippen molar-refractivity contribution in [3.05, 3.63) is 47.7 Å². The number of hydrogen-bond donors (Lipinski definition) is 4. The van der Waals surface area contributed by atoms with E-state index in [2.05, 4.69) is 44.2 Å². The summed E-state index contributed by atoms with van der Waals surface area (Å²) in [6.07, 6.45) is 9.23. The van der Waals surface area contributed by atoms with E-state index in [0.29, 0.717) is 49.8 Å². The van der Waals surface area contributed by atoms with Crippen molar-refractivity contribution in [2.24, 2.45) is 13.0 Å². The lowest BCUT2D eigenvalue weighted by molar-refractivity contribution is -0.00803. The predicted molar refractivity (Wildman–Crippen MR) is 138 cm³/mol. The smallest absolute Gasteiger partial charge is 0.143 e. The average Bonchev–Trinajstić information content (AvgIpc) is 3.55. The first kappa shape index (κ1) is 24.0. The van der Waals surface area contributed by atoms with E-state index >= 15 is 0 Å². The predicted octanol–water partition coefficient (Wildman–Crippen LogP) is 2.93. The summed E-state index contributed by atoms with van der Waals surface area (Å²) in [6, 6.07) is 3.91. The van der Waals surface area contributed by atoms with Gasteiger partial charge in [-0.15, -0.1) is 0 Å². The second-order valence-corrected chi connectivity index (χ2v) is 9.65. The van der Waals surface area contributed by atoms with Crippen molar-refractivity contribution in [3.63, 3.8) is 0 Å². The number of nitrogens with one attached hydrogen (secondary N) is 3. The van der Waals surface area contributed by atoms with E-state index in [4.69, 9.17) is 15.1 Å². The normalized spacial score (nSPS) is 24.1. The van der Waals surface area contributed by atoms with Gasteiger partial charge in [-0.2, -0.15) is 5.10 Å². The van der Waals surface area contributed by atoms with Gasteiger partial charge in [-0.3, -0.25) is 5.10 Å². The fourth-order valence-electron chi connectivity index (χ4n) is 5.00. The molecule has 5 rings (SSSR count). The Morgan fingerprint density at radius 3 is 2.86 bits per heavy atom. The van der Waals surface area contributed by atoms with Crippen molar-refractivity contribution in [3.8, 4) is 11.8 Å². The van der Waals surface area contributed by atoms with Gasteiger partial charge in [0.1, 0.15) is 23.1 Å². The summed E-state index contributed by atoms with van der Waals surface area (Å²) in [6.45, 7) is 4.06. The third kappa shape index (κ3) is 4.98. The lowest BCUT2D eigenvalue weighted by atomic mass is 9.74. The Hall–Kier alpha value is -3.68. The highest BCUT2D eigenvalue weighted by molar-refractivity contribution is 5.89. The van der Waals surface area contributed by atoms with Gasteiger partial charge in [-0.05, 0) is 50.2 Å². The number of anilines is 3. The number of ether oxygens (including phenoxy) is 1. The molecule has 1 atom stereocenters. The van der Waals surface area contributed by atoms with Gasteiger partial charge in [-0.1, -0.05) is 5.92 Å². The van der Waals surface area contributed by atoms with Crippen molar-refractivity contribution < 1.29 is 9.84 Å². The van der Waals surface area contributed by atoms with E-state index in [0.717, 1.165) is 29.9 Å². The highest BCUT2D eigenvalue weighted by Crippen LogP contribution is 2.43. The van der Waals surface area contributed by atoms with Gasteiger partial charge in [0.15, 0.2) is 0 Å². The zero-order valence-corrected chi connectivity index (χ0v) is 20.7. The van der Waals surface area contributed by atoms with Gasteiger partial charge in [0.25, 0.3) is 0 Å². The first-order chi connectivity index (χ1) is 17.4. The van der Waals surface area contributed by atoms with Crippen LogP contribution in [0.5, 0.6) is 0 Å². The van der Waals surface area contributed by atoms with Crippen LogP contribution in [0.3, 0.4) is 0 Å². The quantitative estimate of drug-likeness (QED) is 0.321. The first-order valence-electron chi connectivity index (χ1n) is 12.3. The number of aryl methyl sites for hydroxylation is 1. The lowest BCUT2D eigenvalue weighted by Gasteiger charge is -2.38. The number of hydrogen-bond acceptors (Lipinski definition) is 8. The maximum atomic E-state index is 11.9. The molecule has 0 radical (unpaired) electrons. The largest absolute Gasteiger partial charge is 0.385 e. The van der Waals surface area contributed by atoms with Crippen molar-refractivity contribution in [2.45, 2.75) is 44.2 Å². The lowest BCUT2D eigenvalue weighted by Crippen LogP contribution is -2.44. The summed E-state index contributed by atoms with van der Waals surface area (Å²) in [5.74, 6) is 8.65. The van der Waals surface area contributed by atoms with Crippen LogP contribution in [0.25, 0.3) is 0 Å². The van der Waals surface area contributed by atoms with Crippen LogP contribution >= 0.6 is 0 Å². The number of imidazole rings is 1. The van der Waals surface area contributed by atoms with Crippen LogP contribution in [0, 0.1) is 23.2 Å². The van der Waals surface area contributed by atoms with Gasteiger partial charge < -0.3 is 30.0 Å². The van der Waals surface area contributed by atoms with Gasteiger partial charge in [0.2, 0.25) is 0 Å². The highest BCUT2D eigenvalue weighted by atomic mass is 16.5. The zero-order chi connectivity index (χ0) is 25.1. The Labute approximate surface area is 210 Å². The highest BCUT2D eigenvalue weighted by Gasteiger charge is 2.38. The van der Waals surface area contributed by atoms with Crippen LogP contribution in [0.1, 0.15) is 49.4 Å². The Balaban J connectivity index is 1.46. The molecule has 10 heteroatoms. The van der Waals surface area contributed by atoms with Crippen molar-refractivity contribution >= 4 is 23.7 Å². The number of morpholine rings is 1. The molecule has 0 unspecified atom stereocenters. The summed E-state index contributed by atoms with van der Waals surface area (Å²) in [4.78, 5) is 11.4. The molecule has 10 nitrogen and oxygen atoms in total. The van der Waals surface area contributed by atoms with E-state index in [1.54, 1.807) is 18.6 Å². The number of H-pyrrole nitrogens is 1. The molecule has 1 saturated heterocycles. The molecule has 0 bridgehead atoms. The van der Waals surface area contributed by atoms with E-state index in [1.165, 1.54) is 6.21 Å². The van der Waals surface area contributed by atoms with Crippen LogP contribution in [0.4, 0.5) is 17.5 Å². The second-order valence-electron chi connectivity index (χ2n) is 9.65. The summed E-state index contributed by atoms with van der Waals surface area (Å²) in [5, 5.41) is 30.3. The van der Waals surface area contributed by atoms with Crippen LogP contribution in [-0.2, 0) is 17.4 Å². The zero-order valence-electron chi connectivity index (χ0n) is 20.7. The number of nitrogens with zero attached hydrogens (tertiary/aromatic N) is 5. The minimum absolute atomic E-state index is 0.150. The maximum absolute atomic E-state index is 11.9. The fourth-order valence-corrected chi connectivity index (χ4v) is 5.00. The molecule has 0 amide bonds. The van der Waals surface area contributed by atoms with Gasteiger partial charge in [0, 0.05) is 43.6 Å². The number of pyridine rings is 1. The SMILES string of the molecule is C[C@@H]1COCCN1c1cc(C2(O)CCC(C#Cc3cn(C)cn3)CC2)c(C=N)c(Nc2ccn[nH]2)n1. The summed E-state index contributed by atoms with van der Waals surface area (Å²) < 4.78 is 7.51. The van der Waals surface area contributed by atoms with Crippen LogP contribution in [-0.4, -0.2) is 61.9 Å². The Kier molecular flexibility index (Phi) is 6.76. The minimum Gasteiger partial charge on any atom is -0.385 e. The molecule has 4 heterocycles. The van der Waals surface area contributed by atoms with Crippen molar-refractivity contribution in [1.82, 2.24) is 24.7 Å². The molecule has 3 aromatic heterocycles. The van der Waals surface area contributed by atoms with Gasteiger partial charge in [0.05, 0.1) is 37.4 Å². The van der Waals surface area contributed by atoms with Crippen LogP contribution in [0.2, 0.25) is 0 Å². The van der Waals surface area contributed by atoms with Crippen LogP contribution in [0.15, 0.2) is 30.9 Å². The molecule has 1 saturated carbocycles. The van der Waals surface area contributed by atoms with E-state index < -0.39 is 5.60 Å². The van der Waals surface area contributed by atoms with Crippen molar-refractivity contribution in [2.75, 3.05) is 30.0 Å². The van der Waals surface area contributed by atoms with Gasteiger partial charge >= 0.3 is 0 Å². The minimum atomic E-state index is -1.08. The monoisotopic (exact) mass is 488 g/mol. The van der Waals surface area contributed by atoms with Crippen molar-refractivity contribution in [1.29, 1.82) is 5.41 Å². The molecular weight excluding hydrogens is 456 g/mol. The van der Waals surface area contributed by atoms with E-state index in [-0.39, 0.29) is 12.0 Å². The Morgan fingerprint density at radius 2 is 2.19 bits per heavy atom. The standard InChI is InChI=1S/C26H32N8O2/c1-18-16-36-12-11-34(18)24-13-22(21(14-27)25(31-24)30-23-7-10-29-32-23)26(35)8-5-19(6-9-26)3-4-20-15-33(2)17-28-20/h7,10,13-15,17-19,27,35H,5-6,8-9,11-12,16H2,1-2H3,(H2,29,30,31,32)/t18-,19?,26?/m1/s1. The summed E-state index contributed by atoms with van der Waals surface area (Å²) in [7, 11) is 1.93. The van der Waals surface area contributed by atoms with Gasteiger partial charge in [-0.25, -0.2) is 9.97 Å². The molecule has 2 aliphatic rings. The molecule has 2 fully saturated rings. The fraction of sp³-hybridized carbons (Fsp3) is 0.462. The topological polar surface area (TPSA) is 128 Å². The molecule has 0 aromatic carbocycles. The third-order valence-corrected chi connectivity index (χ3v) is 7.03. The maximum Gasteiger partial charge on any atom is 0.143 e. The number of rotatable bonds is 5. The summed E-state index contributed by atoms with van der Waals surface area (Å²) >= 11 is 0. The number of aromatic amines is 1. The second kappa shape index (κ2) is 10.1. The molecule has 0 spiro atoms. The Bertz CT molecular complexity index is 1260. The molecule has 3 aromatic rings. The van der Waals surface area contributed by atoms with Crippen LogP contribution < -0.4 is 10.2 Å². The molecule has 188 valence electrons. The number of aliphatic hydroxyl groups is 1. The Morgan fingerprint density at radius 1 is 1.36 bits per heavy atom. The number of aromatic nitrogens is 5. The molecule has 36 heavy (non-hydrogen) atoms. The van der Waals surface area contributed by atoms with E-state index in [1.807, 2.05) is 23.9 Å². The molecule has 1 aliphatic carbocycles. The first-order valence-corrected chi connectivity index (χ1v) is 12.3. The van der Waals surface area contributed by atoms with E-state index in [9.17, 15) is 5.11 Å². The molecule has 1 aliphatic heterocycles. The molecule has 4 N–H and O–H groups in total. The third-order valence-electron chi connectivity index (χ3n) is 7.03. The summed E-state index contributed by atoms with van der Waals surface area (Å²) in [5.41, 5.74) is 0.986.